The van der Waals surface area contributed by atoms with Gasteiger partial charge in [0.1, 0.15) is 6.29 Å². The van der Waals surface area contributed by atoms with Gasteiger partial charge in [0, 0.05) is 12.1 Å². The van der Waals surface area contributed by atoms with Crippen LogP contribution in [0.25, 0.3) is 0 Å². The van der Waals surface area contributed by atoms with E-state index < -0.39 is 0 Å². The van der Waals surface area contributed by atoms with Crippen LogP contribution in [-0.4, -0.2) is 37.4 Å². The molecular formula is C10H26N4. The molecule has 4 nitrogen and oxygen atoms in total. The van der Waals surface area contributed by atoms with E-state index in [4.69, 9.17) is 11.5 Å². The highest BCUT2D eigenvalue weighted by Gasteiger charge is 2.12. The van der Waals surface area contributed by atoms with Crippen molar-refractivity contribution >= 4 is 0 Å². The normalized spacial score (nSPS) is 16.3. The van der Waals surface area contributed by atoms with E-state index in [1.54, 1.807) is 0 Å². The Morgan fingerprint density at radius 2 is 1.79 bits per heavy atom. The third kappa shape index (κ3) is 5.54. The summed E-state index contributed by atoms with van der Waals surface area (Å²) in [7, 11) is 3.97. The first-order chi connectivity index (χ1) is 6.49. The van der Waals surface area contributed by atoms with Crippen LogP contribution in [0.3, 0.4) is 0 Å². The van der Waals surface area contributed by atoms with Crippen molar-refractivity contribution in [3.05, 3.63) is 0 Å². The fourth-order valence-corrected chi connectivity index (χ4v) is 1.36. The summed E-state index contributed by atoms with van der Waals surface area (Å²) in [6.45, 7) is 4.36. The molecule has 0 aliphatic heterocycles. The van der Waals surface area contributed by atoms with Crippen LogP contribution in [0.4, 0.5) is 0 Å². The third-order valence-corrected chi connectivity index (χ3v) is 2.92. The Balaban J connectivity index is 3.58. The SMILES string of the molecule is CN[C@H](C)CCC[C@@H](C)N(C)C(N)N. The Bertz CT molecular complexity index is 138. The molecule has 0 fully saturated rings. The van der Waals surface area contributed by atoms with Gasteiger partial charge in [-0.3, -0.25) is 4.90 Å². The highest BCUT2D eigenvalue weighted by atomic mass is 15.3. The Morgan fingerprint density at radius 1 is 1.21 bits per heavy atom. The van der Waals surface area contributed by atoms with Crippen molar-refractivity contribution in [2.24, 2.45) is 11.5 Å². The van der Waals surface area contributed by atoms with Crippen molar-refractivity contribution in [3.63, 3.8) is 0 Å². The lowest BCUT2D eigenvalue weighted by molar-refractivity contribution is 0.179. The van der Waals surface area contributed by atoms with Gasteiger partial charge in [0.25, 0.3) is 0 Å². The summed E-state index contributed by atoms with van der Waals surface area (Å²) in [4.78, 5) is 2.00. The fraction of sp³-hybridized carbons (Fsp3) is 1.00. The molecule has 0 aliphatic rings. The minimum atomic E-state index is -0.341. The van der Waals surface area contributed by atoms with E-state index in [2.05, 4.69) is 19.2 Å². The van der Waals surface area contributed by atoms with Crippen LogP contribution in [0.1, 0.15) is 33.1 Å². The second kappa shape index (κ2) is 7.17. The van der Waals surface area contributed by atoms with E-state index in [0.29, 0.717) is 12.1 Å². The molecule has 0 unspecified atom stereocenters. The van der Waals surface area contributed by atoms with Gasteiger partial charge in [-0.15, -0.1) is 0 Å². The zero-order chi connectivity index (χ0) is 11.1. The molecule has 0 rings (SSSR count). The van der Waals surface area contributed by atoms with E-state index in [1.807, 2.05) is 19.0 Å². The van der Waals surface area contributed by atoms with Crippen molar-refractivity contribution < 1.29 is 0 Å². The average Bonchev–Trinajstić information content (AvgIpc) is 2.15. The molecule has 0 spiro atoms. The Labute approximate surface area is 88.0 Å². The fourth-order valence-electron chi connectivity index (χ4n) is 1.36. The van der Waals surface area contributed by atoms with Crippen molar-refractivity contribution in [3.8, 4) is 0 Å². The summed E-state index contributed by atoms with van der Waals surface area (Å²) >= 11 is 0. The maximum absolute atomic E-state index is 5.59. The highest BCUT2D eigenvalue weighted by molar-refractivity contribution is 4.67. The first-order valence-electron chi connectivity index (χ1n) is 5.39. The van der Waals surface area contributed by atoms with Crippen LogP contribution in [0.5, 0.6) is 0 Å². The summed E-state index contributed by atoms with van der Waals surface area (Å²) in [6, 6.07) is 1.05. The number of nitrogens with two attached hydrogens (primary N) is 2. The van der Waals surface area contributed by atoms with Crippen LogP contribution in [0, 0.1) is 0 Å². The van der Waals surface area contributed by atoms with Gasteiger partial charge < -0.3 is 16.8 Å². The molecule has 2 atom stereocenters. The zero-order valence-corrected chi connectivity index (χ0v) is 9.96. The molecule has 0 bridgehead atoms. The minimum absolute atomic E-state index is 0.341. The summed E-state index contributed by atoms with van der Waals surface area (Å²) in [5, 5.41) is 3.23. The first kappa shape index (κ1) is 13.8. The van der Waals surface area contributed by atoms with Crippen LogP contribution in [0.15, 0.2) is 0 Å². The van der Waals surface area contributed by atoms with Gasteiger partial charge in [-0.2, -0.15) is 0 Å². The Morgan fingerprint density at radius 3 is 2.21 bits per heavy atom. The number of nitrogens with one attached hydrogen (secondary N) is 1. The van der Waals surface area contributed by atoms with Crippen LogP contribution in [-0.2, 0) is 0 Å². The predicted molar refractivity (Wildman–Crippen MR) is 61.8 cm³/mol. The number of nitrogens with zero attached hydrogens (tertiary/aromatic N) is 1. The monoisotopic (exact) mass is 202 g/mol. The summed E-state index contributed by atoms with van der Waals surface area (Å²) in [6.07, 6.45) is 3.22. The largest absolute Gasteiger partial charge is 0.317 e. The molecule has 0 amide bonds. The van der Waals surface area contributed by atoms with Crippen LogP contribution < -0.4 is 16.8 Å². The molecule has 0 saturated carbocycles. The second-order valence-corrected chi connectivity index (χ2v) is 4.13. The smallest absolute Gasteiger partial charge is 0.109 e. The molecule has 0 aliphatic carbocycles. The molecule has 0 saturated heterocycles. The molecule has 14 heavy (non-hydrogen) atoms. The molecule has 0 radical (unpaired) electrons. The summed E-state index contributed by atoms with van der Waals surface area (Å²) in [5.74, 6) is 0. The zero-order valence-electron chi connectivity index (χ0n) is 9.96. The van der Waals surface area contributed by atoms with E-state index in [9.17, 15) is 0 Å². The molecular weight excluding hydrogens is 176 g/mol. The lowest BCUT2D eigenvalue weighted by atomic mass is 10.1. The average molecular weight is 202 g/mol. The molecule has 0 aromatic carbocycles. The molecule has 0 heterocycles. The topological polar surface area (TPSA) is 67.3 Å². The molecule has 86 valence electrons. The lowest BCUT2D eigenvalue weighted by Crippen LogP contribution is -2.50. The molecule has 5 N–H and O–H groups in total. The van der Waals surface area contributed by atoms with Crippen LogP contribution in [0.2, 0.25) is 0 Å². The van der Waals surface area contributed by atoms with Gasteiger partial charge in [-0.1, -0.05) is 6.42 Å². The van der Waals surface area contributed by atoms with E-state index in [1.165, 1.54) is 12.8 Å². The van der Waals surface area contributed by atoms with Crippen molar-refractivity contribution in [2.45, 2.75) is 51.5 Å². The van der Waals surface area contributed by atoms with Crippen molar-refractivity contribution in [1.82, 2.24) is 10.2 Å². The quantitative estimate of drug-likeness (QED) is 0.519. The highest BCUT2D eigenvalue weighted by Crippen LogP contribution is 2.08. The van der Waals surface area contributed by atoms with E-state index >= 15 is 0 Å². The molecule has 0 aromatic heterocycles. The summed E-state index contributed by atoms with van der Waals surface area (Å²) in [5.41, 5.74) is 11.2. The molecule has 0 aromatic rings. The maximum atomic E-state index is 5.59. The van der Waals surface area contributed by atoms with Gasteiger partial charge in [-0.05, 0) is 40.8 Å². The second-order valence-electron chi connectivity index (χ2n) is 4.13. The van der Waals surface area contributed by atoms with Gasteiger partial charge in [-0.25, -0.2) is 0 Å². The first-order valence-corrected chi connectivity index (χ1v) is 5.39. The summed E-state index contributed by atoms with van der Waals surface area (Å²) < 4.78 is 0. The number of hydrogen-bond acceptors (Lipinski definition) is 4. The standard InChI is InChI=1S/C10H26N4/c1-8(13-3)6-5-7-9(2)14(4)10(11)12/h8-10,13H,5-7,11-12H2,1-4H3/t8-,9-/m1/s1. The van der Waals surface area contributed by atoms with Crippen molar-refractivity contribution in [2.75, 3.05) is 14.1 Å². The Hall–Kier alpha value is -0.160. The third-order valence-electron chi connectivity index (χ3n) is 2.92. The van der Waals surface area contributed by atoms with Gasteiger partial charge >= 0.3 is 0 Å². The minimum Gasteiger partial charge on any atom is -0.317 e. The van der Waals surface area contributed by atoms with Crippen molar-refractivity contribution in [1.29, 1.82) is 0 Å². The van der Waals surface area contributed by atoms with Gasteiger partial charge in [0.05, 0.1) is 0 Å². The number of rotatable bonds is 7. The maximum Gasteiger partial charge on any atom is 0.109 e. The van der Waals surface area contributed by atoms with Crippen LogP contribution >= 0.6 is 0 Å². The van der Waals surface area contributed by atoms with Gasteiger partial charge in [0.15, 0.2) is 0 Å². The Kier molecular flexibility index (Phi) is 7.09. The van der Waals surface area contributed by atoms with E-state index in [0.717, 1.165) is 6.42 Å². The van der Waals surface area contributed by atoms with Gasteiger partial charge in [0.2, 0.25) is 0 Å². The van der Waals surface area contributed by atoms with E-state index in [-0.39, 0.29) is 6.29 Å². The predicted octanol–water partition coefficient (Wildman–Crippen LogP) is 0.286. The number of hydrogen-bond donors (Lipinski definition) is 3. The molecule has 4 heteroatoms. The lowest BCUT2D eigenvalue weighted by Gasteiger charge is -2.28.